The summed E-state index contributed by atoms with van der Waals surface area (Å²) in [6.45, 7) is -0.768. The van der Waals surface area contributed by atoms with Crippen LogP contribution in [0.25, 0.3) is 0 Å². The molecule has 54 valence electrons. The molecule has 4 heteroatoms. The summed E-state index contributed by atoms with van der Waals surface area (Å²) in [5.41, 5.74) is 0. The van der Waals surface area contributed by atoms with Crippen LogP contribution in [0.15, 0.2) is 0 Å². The highest BCUT2D eigenvalue weighted by atomic mass is 32.2. The summed E-state index contributed by atoms with van der Waals surface area (Å²) in [4.78, 5) is 10.1. The van der Waals surface area contributed by atoms with E-state index < -0.39 is 18.6 Å². The summed E-state index contributed by atoms with van der Waals surface area (Å²) in [6, 6.07) is 0. The Balaban J connectivity index is 3.54. The number of hydrogen-bond acceptors (Lipinski definition) is 2. The molecule has 1 atom stereocenters. The minimum absolute atomic E-state index is 0.353. The number of aliphatic carboxylic acids is 1. The van der Waals surface area contributed by atoms with Gasteiger partial charge in [-0.25, -0.2) is 0 Å². The van der Waals surface area contributed by atoms with Crippen LogP contribution in [0.1, 0.15) is 0 Å². The number of carboxylic acid groups (broad SMARTS) is 1. The van der Waals surface area contributed by atoms with Crippen LogP contribution in [0.5, 0.6) is 0 Å². The van der Waals surface area contributed by atoms with Crippen molar-refractivity contribution in [2.75, 3.05) is 18.7 Å². The Hall–Kier alpha value is -0.250. The normalized spacial score (nSPS) is 13.1. The second-order valence-electron chi connectivity index (χ2n) is 1.64. The van der Waals surface area contributed by atoms with Crippen LogP contribution in [0.2, 0.25) is 0 Å². The number of hydrogen-bond donors (Lipinski definition) is 1. The summed E-state index contributed by atoms with van der Waals surface area (Å²) in [5, 5.41) is 8.25. The Bertz CT molecular complexity index is 97.0. The third kappa shape index (κ3) is 3.35. The first-order valence-electron chi connectivity index (χ1n) is 2.50. The molecule has 1 unspecified atom stereocenters. The predicted octanol–water partition coefficient (Wildman–Crippen LogP) is 1.02. The molecule has 0 fully saturated rings. The van der Waals surface area contributed by atoms with Crippen molar-refractivity contribution in [2.24, 2.45) is 5.92 Å². The van der Waals surface area contributed by atoms with Gasteiger partial charge in [0.1, 0.15) is 6.67 Å². The molecule has 0 saturated heterocycles. The van der Waals surface area contributed by atoms with E-state index in [9.17, 15) is 9.18 Å². The van der Waals surface area contributed by atoms with Crippen LogP contribution in [0.3, 0.4) is 0 Å². The molecule has 1 N–H and O–H groups in total. The summed E-state index contributed by atoms with van der Waals surface area (Å²) in [7, 11) is 0. The lowest BCUT2D eigenvalue weighted by Crippen LogP contribution is -2.17. The Labute approximate surface area is 57.4 Å². The molecule has 0 rings (SSSR count). The maximum atomic E-state index is 11.7. The van der Waals surface area contributed by atoms with E-state index in [1.165, 1.54) is 11.8 Å². The summed E-state index contributed by atoms with van der Waals surface area (Å²) in [6.07, 6.45) is 1.76. The van der Waals surface area contributed by atoms with Crippen LogP contribution in [0.4, 0.5) is 4.39 Å². The first-order valence-corrected chi connectivity index (χ1v) is 3.89. The van der Waals surface area contributed by atoms with Crippen molar-refractivity contribution in [3.05, 3.63) is 0 Å². The van der Waals surface area contributed by atoms with Gasteiger partial charge in [-0.1, -0.05) is 0 Å². The van der Waals surface area contributed by atoms with Crippen molar-refractivity contribution >= 4 is 17.7 Å². The molecular weight excluding hydrogens is 143 g/mol. The lowest BCUT2D eigenvalue weighted by Gasteiger charge is -2.02. The molecule has 9 heavy (non-hydrogen) atoms. The highest BCUT2D eigenvalue weighted by Gasteiger charge is 2.15. The average Bonchev–Trinajstić information content (AvgIpc) is 1.82. The predicted molar refractivity (Wildman–Crippen MR) is 35.5 cm³/mol. The quantitative estimate of drug-likeness (QED) is 0.653. The summed E-state index contributed by atoms with van der Waals surface area (Å²) in [5.74, 6) is -1.52. The van der Waals surface area contributed by atoms with Gasteiger partial charge in [0, 0.05) is 5.75 Å². The maximum Gasteiger partial charge on any atom is 0.310 e. The first-order chi connectivity index (χ1) is 4.22. The summed E-state index contributed by atoms with van der Waals surface area (Å²) < 4.78 is 11.7. The number of alkyl halides is 1. The van der Waals surface area contributed by atoms with Gasteiger partial charge in [0.2, 0.25) is 0 Å². The molecule has 2 nitrogen and oxygen atoms in total. The largest absolute Gasteiger partial charge is 0.481 e. The topological polar surface area (TPSA) is 37.3 Å². The van der Waals surface area contributed by atoms with E-state index >= 15 is 0 Å². The zero-order valence-corrected chi connectivity index (χ0v) is 5.95. The molecule has 0 aromatic rings. The molecule has 0 saturated carbocycles. The van der Waals surface area contributed by atoms with Gasteiger partial charge in [0.25, 0.3) is 0 Å². The fraction of sp³-hybridized carbons (Fsp3) is 0.800. The molecule has 0 aliphatic carbocycles. The number of halogens is 1. The molecule has 0 aromatic heterocycles. The molecule has 0 aliphatic rings. The Morgan fingerprint density at radius 1 is 1.89 bits per heavy atom. The smallest absolute Gasteiger partial charge is 0.310 e. The fourth-order valence-electron chi connectivity index (χ4n) is 0.383. The van der Waals surface area contributed by atoms with Crippen molar-refractivity contribution in [2.45, 2.75) is 0 Å². The van der Waals surface area contributed by atoms with E-state index in [2.05, 4.69) is 0 Å². The molecule has 0 radical (unpaired) electrons. The van der Waals surface area contributed by atoms with Gasteiger partial charge < -0.3 is 5.11 Å². The molecule has 0 aliphatic heterocycles. The van der Waals surface area contributed by atoms with Crippen molar-refractivity contribution in [1.82, 2.24) is 0 Å². The molecule has 0 spiro atoms. The van der Waals surface area contributed by atoms with Gasteiger partial charge in [-0.15, -0.1) is 0 Å². The van der Waals surface area contributed by atoms with E-state index in [0.29, 0.717) is 5.75 Å². The molecular formula is C5H9FO2S. The maximum absolute atomic E-state index is 11.7. The van der Waals surface area contributed by atoms with E-state index in [0.717, 1.165) is 0 Å². The lowest BCUT2D eigenvalue weighted by atomic mass is 10.2. The zero-order valence-electron chi connectivity index (χ0n) is 5.13. The summed E-state index contributed by atoms with van der Waals surface area (Å²) >= 11 is 1.34. The van der Waals surface area contributed by atoms with Crippen LogP contribution in [-0.4, -0.2) is 29.8 Å². The molecule has 0 heterocycles. The molecule has 0 aromatic carbocycles. The van der Waals surface area contributed by atoms with E-state index in [1.807, 2.05) is 0 Å². The average molecular weight is 152 g/mol. The van der Waals surface area contributed by atoms with Crippen LogP contribution < -0.4 is 0 Å². The molecule has 0 bridgehead atoms. The van der Waals surface area contributed by atoms with E-state index in [4.69, 9.17) is 5.11 Å². The van der Waals surface area contributed by atoms with Gasteiger partial charge >= 0.3 is 5.97 Å². The highest BCUT2D eigenvalue weighted by molar-refractivity contribution is 7.98. The van der Waals surface area contributed by atoms with Gasteiger partial charge in [-0.05, 0) is 6.26 Å². The van der Waals surface area contributed by atoms with Crippen molar-refractivity contribution in [3.8, 4) is 0 Å². The number of thioether (sulfide) groups is 1. The Morgan fingerprint density at radius 2 is 2.44 bits per heavy atom. The van der Waals surface area contributed by atoms with Gasteiger partial charge in [0.05, 0.1) is 5.92 Å². The SMILES string of the molecule is CSCC(CF)C(=O)O. The highest BCUT2D eigenvalue weighted by Crippen LogP contribution is 2.05. The first kappa shape index (κ1) is 8.75. The molecule has 0 amide bonds. The van der Waals surface area contributed by atoms with E-state index in [1.54, 1.807) is 6.26 Å². The minimum atomic E-state index is -1.05. The lowest BCUT2D eigenvalue weighted by molar-refractivity contribution is -0.141. The number of rotatable bonds is 4. The van der Waals surface area contributed by atoms with Crippen LogP contribution >= 0.6 is 11.8 Å². The van der Waals surface area contributed by atoms with Crippen LogP contribution in [0, 0.1) is 5.92 Å². The van der Waals surface area contributed by atoms with E-state index in [-0.39, 0.29) is 0 Å². The van der Waals surface area contributed by atoms with Crippen molar-refractivity contribution in [3.63, 3.8) is 0 Å². The van der Waals surface area contributed by atoms with Gasteiger partial charge in [0.15, 0.2) is 0 Å². The minimum Gasteiger partial charge on any atom is -0.481 e. The standard InChI is InChI=1S/C5H9FO2S/c1-9-3-4(2-6)5(7)8/h4H,2-3H2,1H3,(H,7,8). The van der Waals surface area contributed by atoms with Crippen molar-refractivity contribution in [1.29, 1.82) is 0 Å². The third-order valence-electron chi connectivity index (χ3n) is 0.903. The van der Waals surface area contributed by atoms with Gasteiger partial charge in [-0.3, -0.25) is 9.18 Å². The van der Waals surface area contributed by atoms with Gasteiger partial charge in [-0.2, -0.15) is 11.8 Å². The zero-order chi connectivity index (χ0) is 7.28. The third-order valence-corrected chi connectivity index (χ3v) is 1.64. The number of carboxylic acids is 1. The van der Waals surface area contributed by atoms with Crippen molar-refractivity contribution < 1.29 is 14.3 Å². The van der Waals surface area contributed by atoms with Crippen LogP contribution in [-0.2, 0) is 4.79 Å². The fourth-order valence-corrected chi connectivity index (χ4v) is 1.02. The Kier molecular flexibility index (Phi) is 4.48. The Morgan fingerprint density at radius 3 is 2.56 bits per heavy atom. The second kappa shape index (κ2) is 4.61. The monoisotopic (exact) mass is 152 g/mol. The second-order valence-corrected chi connectivity index (χ2v) is 2.56. The number of carbonyl (C=O) groups is 1.